The summed E-state index contributed by atoms with van der Waals surface area (Å²) >= 11 is 12.8. The zero-order valence-corrected chi connectivity index (χ0v) is 14.3. The Morgan fingerprint density at radius 1 is 1.12 bits per heavy atom. The number of nitrogens with zero attached hydrogens (tertiary/aromatic N) is 4. The maximum atomic E-state index is 8.93. The molecular weight excluding hydrogens is 371 g/mol. The SMILES string of the molecule is N#Cc1nc(Sc2nnc(COc3ccc(Cl)cc3)o2)ccc1Cl. The number of ether oxygens (including phenoxy) is 1. The summed E-state index contributed by atoms with van der Waals surface area (Å²) in [6, 6.07) is 12.1. The molecule has 2 heterocycles. The summed E-state index contributed by atoms with van der Waals surface area (Å²) in [7, 11) is 0. The molecule has 120 valence electrons. The Kier molecular flexibility index (Phi) is 5.20. The molecular formula is C15H8Cl2N4O2S. The maximum absolute atomic E-state index is 8.93. The first-order chi connectivity index (χ1) is 11.6. The van der Waals surface area contributed by atoms with Gasteiger partial charge in [-0.25, -0.2) is 4.98 Å². The third-order valence-corrected chi connectivity index (χ3v) is 4.08. The standard InChI is InChI=1S/C15H8Cl2N4O2S/c16-9-1-3-10(4-2-9)22-8-13-20-21-15(23-13)24-14-6-5-11(17)12(7-18)19-14/h1-6H,8H2. The molecule has 0 radical (unpaired) electrons. The van der Waals surface area contributed by atoms with Crippen LogP contribution in [-0.2, 0) is 6.61 Å². The highest BCUT2D eigenvalue weighted by molar-refractivity contribution is 7.99. The molecule has 0 bridgehead atoms. The number of rotatable bonds is 5. The summed E-state index contributed by atoms with van der Waals surface area (Å²) in [5.41, 5.74) is 0.146. The fourth-order valence-electron chi connectivity index (χ4n) is 1.66. The maximum Gasteiger partial charge on any atom is 0.283 e. The van der Waals surface area contributed by atoms with Crippen LogP contribution in [0.15, 0.2) is 51.1 Å². The Balaban J connectivity index is 1.63. The Morgan fingerprint density at radius 2 is 1.92 bits per heavy atom. The van der Waals surface area contributed by atoms with Crippen LogP contribution in [-0.4, -0.2) is 15.2 Å². The van der Waals surface area contributed by atoms with E-state index in [4.69, 9.17) is 37.6 Å². The largest absolute Gasteiger partial charge is 0.484 e. The Morgan fingerprint density at radius 3 is 2.67 bits per heavy atom. The van der Waals surface area contributed by atoms with Gasteiger partial charge >= 0.3 is 0 Å². The van der Waals surface area contributed by atoms with E-state index in [2.05, 4.69) is 15.2 Å². The zero-order chi connectivity index (χ0) is 16.9. The molecule has 0 aliphatic heterocycles. The van der Waals surface area contributed by atoms with Gasteiger partial charge in [0.2, 0.25) is 0 Å². The quantitative estimate of drug-likeness (QED) is 0.651. The van der Waals surface area contributed by atoms with Gasteiger partial charge in [-0.3, -0.25) is 0 Å². The first-order valence-corrected chi connectivity index (χ1v) is 8.16. The van der Waals surface area contributed by atoms with Gasteiger partial charge in [-0.15, -0.1) is 10.2 Å². The van der Waals surface area contributed by atoms with E-state index in [-0.39, 0.29) is 12.3 Å². The van der Waals surface area contributed by atoms with Crippen LogP contribution in [0.1, 0.15) is 11.6 Å². The molecule has 0 N–H and O–H groups in total. The molecule has 0 amide bonds. The average Bonchev–Trinajstić information content (AvgIpc) is 3.03. The molecule has 0 saturated heterocycles. The molecule has 0 spiro atoms. The lowest BCUT2D eigenvalue weighted by molar-refractivity contribution is 0.252. The van der Waals surface area contributed by atoms with E-state index in [0.717, 1.165) is 11.8 Å². The molecule has 9 heteroatoms. The van der Waals surface area contributed by atoms with Crippen molar-refractivity contribution in [1.29, 1.82) is 5.26 Å². The molecule has 1 aromatic carbocycles. The summed E-state index contributed by atoms with van der Waals surface area (Å²) in [4.78, 5) is 4.10. The summed E-state index contributed by atoms with van der Waals surface area (Å²) in [5.74, 6) is 0.965. The predicted molar refractivity (Wildman–Crippen MR) is 88.2 cm³/mol. The predicted octanol–water partition coefficient (Wildman–Crippen LogP) is 4.37. The first kappa shape index (κ1) is 16.6. The van der Waals surface area contributed by atoms with Crippen molar-refractivity contribution in [2.24, 2.45) is 0 Å². The molecule has 0 fully saturated rings. The van der Waals surface area contributed by atoms with Crippen molar-refractivity contribution in [2.45, 2.75) is 16.9 Å². The van der Waals surface area contributed by atoms with Gasteiger partial charge < -0.3 is 9.15 Å². The lowest BCUT2D eigenvalue weighted by atomic mass is 10.3. The lowest BCUT2D eigenvalue weighted by Crippen LogP contribution is -1.95. The van der Waals surface area contributed by atoms with Crippen LogP contribution in [0.25, 0.3) is 0 Å². The third-order valence-electron chi connectivity index (χ3n) is 2.74. The number of pyridine rings is 1. The fourth-order valence-corrected chi connectivity index (χ4v) is 2.61. The zero-order valence-electron chi connectivity index (χ0n) is 11.9. The van der Waals surface area contributed by atoms with E-state index < -0.39 is 0 Å². The second-order valence-electron chi connectivity index (χ2n) is 4.40. The van der Waals surface area contributed by atoms with Crippen molar-refractivity contribution in [3.05, 3.63) is 58.0 Å². The average molecular weight is 379 g/mol. The minimum Gasteiger partial charge on any atom is -0.484 e. The Labute approximate surface area is 151 Å². The van der Waals surface area contributed by atoms with Gasteiger partial charge in [0.25, 0.3) is 11.1 Å². The molecule has 0 saturated carbocycles. The highest BCUT2D eigenvalue weighted by atomic mass is 35.5. The van der Waals surface area contributed by atoms with Gasteiger partial charge in [0.15, 0.2) is 12.3 Å². The molecule has 24 heavy (non-hydrogen) atoms. The van der Waals surface area contributed by atoms with Crippen molar-refractivity contribution in [1.82, 2.24) is 15.2 Å². The van der Waals surface area contributed by atoms with Crippen LogP contribution < -0.4 is 4.74 Å². The molecule has 0 unspecified atom stereocenters. The molecule has 3 rings (SSSR count). The normalized spacial score (nSPS) is 10.4. The second kappa shape index (κ2) is 7.53. The van der Waals surface area contributed by atoms with E-state index in [1.807, 2.05) is 6.07 Å². The van der Waals surface area contributed by atoms with Crippen LogP contribution in [0, 0.1) is 11.3 Å². The van der Waals surface area contributed by atoms with E-state index in [1.165, 1.54) is 0 Å². The highest BCUT2D eigenvalue weighted by Crippen LogP contribution is 2.27. The van der Waals surface area contributed by atoms with Crippen LogP contribution in [0.4, 0.5) is 0 Å². The molecule has 0 aliphatic carbocycles. The topological polar surface area (TPSA) is 84.8 Å². The third kappa shape index (κ3) is 4.17. The van der Waals surface area contributed by atoms with Crippen LogP contribution >= 0.6 is 35.0 Å². The minimum absolute atomic E-state index is 0.132. The Bertz CT molecular complexity index is 893. The van der Waals surface area contributed by atoms with Crippen molar-refractivity contribution in [2.75, 3.05) is 0 Å². The number of nitriles is 1. The number of hydrogen-bond donors (Lipinski definition) is 0. The molecule has 6 nitrogen and oxygen atoms in total. The van der Waals surface area contributed by atoms with Gasteiger partial charge in [0.1, 0.15) is 16.8 Å². The van der Waals surface area contributed by atoms with E-state index in [1.54, 1.807) is 36.4 Å². The van der Waals surface area contributed by atoms with Crippen molar-refractivity contribution in [3.63, 3.8) is 0 Å². The van der Waals surface area contributed by atoms with Crippen molar-refractivity contribution in [3.8, 4) is 11.8 Å². The van der Waals surface area contributed by atoms with Crippen LogP contribution in [0.3, 0.4) is 0 Å². The van der Waals surface area contributed by atoms with E-state index in [9.17, 15) is 0 Å². The minimum atomic E-state index is 0.132. The molecule has 2 aromatic heterocycles. The summed E-state index contributed by atoms with van der Waals surface area (Å²) < 4.78 is 11.0. The summed E-state index contributed by atoms with van der Waals surface area (Å²) in [5, 5.41) is 18.5. The highest BCUT2D eigenvalue weighted by Gasteiger charge is 2.11. The summed E-state index contributed by atoms with van der Waals surface area (Å²) in [6.07, 6.45) is 0. The first-order valence-electron chi connectivity index (χ1n) is 6.59. The van der Waals surface area contributed by atoms with Gasteiger partial charge in [-0.2, -0.15) is 5.26 Å². The number of halogens is 2. The van der Waals surface area contributed by atoms with E-state index in [0.29, 0.717) is 31.9 Å². The van der Waals surface area contributed by atoms with Crippen LogP contribution in [0.2, 0.25) is 10.0 Å². The van der Waals surface area contributed by atoms with Gasteiger partial charge in [0.05, 0.1) is 5.02 Å². The molecule has 3 aromatic rings. The van der Waals surface area contributed by atoms with E-state index >= 15 is 0 Å². The molecule has 0 aliphatic rings. The second-order valence-corrected chi connectivity index (χ2v) is 6.21. The van der Waals surface area contributed by atoms with Crippen LogP contribution in [0.5, 0.6) is 5.75 Å². The number of benzene rings is 1. The van der Waals surface area contributed by atoms with Gasteiger partial charge in [0, 0.05) is 5.02 Å². The van der Waals surface area contributed by atoms with Crippen molar-refractivity contribution < 1.29 is 9.15 Å². The van der Waals surface area contributed by atoms with Gasteiger partial charge in [-0.1, -0.05) is 23.2 Å². The summed E-state index contributed by atoms with van der Waals surface area (Å²) in [6.45, 7) is 0.132. The van der Waals surface area contributed by atoms with Gasteiger partial charge in [-0.05, 0) is 48.2 Å². The number of aromatic nitrogens is 3. The van der Waals surface area contributed by atoms with Crippen molar-refractivity contribution >= 4 is 35.0 Å². The molecule has 0 atom stereocenters. The lowest BCUT2D eigenvalue weighted by Gasteiger charge is -2.02. The fraction of sp³-hybridized carbons (Fsp3) is 0.0667. The monoisotopic (exact) mass is 378 g/mol. The smallest absolute Gasteiger partial charge is 0.283 e. The Hall–Kier alpha value is -2.27. The number of hydrogen-bond acceptors (Lipinski definition) is 7.